The number of alkyl carbamates (subject to hydrolysis) is 1. The van der Waals surface area contributed by atoms with E-state index in [1.54, 1.807) is 4.90 Å². The molecule has 2 unspecified atom stereocenters. The van der Waals surface area contributed by atoms with Gasteiger partial charge in [0.1, 0.15) is 0 Å². The number of hydrogen-bond acceptors (Lipinski definition) is 7. The van der Waals surface area contributed by atoms with E-state index in [-0.39, 0.29) is 61.6 Å². The summed E-state index contributed by atoms with van der Waals surface area (Å²) < 4.78 is 4.75. The van der Waals surface area contributed by atoms with Crippen LogP contribution in [0.5, 0.6) is 0 Å². The largest absolute Gasteiger partial charge is 0.453 e. The Morgan fingerprint density at radius 3 is 2.51 bits per heavy atom. The molecule has 0 aromatic heterocycles. The van der Waals surface area contributed by atoms with Crippen LogP contribution in [0.25, 0.3) is 0 Å². The van der Waals surface area contributed by atoms with Crippen molar-refractivity contribution in [2.45, 2.75) is 78.0 Å². The van der Waals surface area contributed by atoms with Gasteiger partial charge in [0, 0.05) is 36.7 Å². The summed E-state index contributed by atoms with van der Waals surface area (Å²) in [6.45, 7) is 10.0. The maximum atomic E-state index is 13.5. The van der Waals surface area contributed by atoms with Crippen LogP contribution < -0.4 is 26.6 Å². The average Bonchev–Trinajstić information content (AvgIpc) is 2.90. The second-order valence-corrected chi connectivity index (χ2v) is 12.4. The molecular weight excluding hydrogens is 569 g/mol. The number of para-hydroxylation sites is 1. The first-order valence-corrected chi connectivity index (χ1v) is 14.0. The third-order valence-electron chi connectivity index (χ3n) is 8.25. The molecule has 234 valence electrons. The molecule has 1 aromatic carbocycles. The standard InChI is InChI=1S/C29H47N5O5.2ClH/c1-28(2,14-22(30)24(35)17-32-26(37)29(3,4)20-10-8-12-31-16-20)15-25(36)34-18-21(33-27(38)39-5)13-19-9-6-7-11-23(19)34;;/h6-7,9,11,20-22,24,31,35H,8,10,12-18,30H2,1-5H3,(H,32,37)(H,33,38);2*1H/t20?,21?,22-,24-;;/m0../s1. The number of ether oxygens (including phenoxy) is 1. The number of halogens is 2. The summed E-state index contributed by atoms with van der Waals surface area (Å²) in [5.74, 6) is 0.0711. The van der Waals surface area contributed by atoms with Gasteiger partial charge in [-0.2, -0.15) is 0 Å². The predicted octanol–water partition coefficient (Wildman–Crippen LogP) is 2.78. The molecule has 12 heteroatoms. The Bertz CT molecular complexity index is 1020. The lowest BCUT2D eigenvalue weighted by atomic mass is 9.74. The summed E-state index contributed by atoms with van der Waals surface area (Å²) in [6.07, 6.45) is 1.79. The third-order valence-corrected chi connectivity index (χ3v) is 8.25. The van der Waals surface area contributed by atoms with Crippen LogP contribution in [0.3, 0.4) is 0 Å². The SMILES string of the molecule is COC(=O)NC1Cc2ccccc2N(C(=O)CC(C)(C)C[C@H](N)[C@@H](O)CNC(=O)C(C)(C)C2CCCNC2)C1.Cl.Cl. The molecule has 0 aliphatic carbocycles. The van der Waals surface area contributed by atoms with Crippen molar-refractivity contribution >= 4 is 48.4 Å². The van der Waals surface area contributed by atoms with Crippen molar-refractivity contribution in [2.24, 2.45) is 22.5 Å². The van der Waals surface area contributed by atoms with Gasteiger partial charge in [-0.1, -0.05) is 45.9 Å². The van der Waals surface area contributed by atoms with Crippen molar-refractivity contribution in [3.05, 3.63) is 29.8 Å². The molecule has 1 fully saturated rings. The van der Waals surface area contributed by atoms with Crippen molar-refractivity contribution in [3.8, 4) is 0 Å². The third kappa shape index (κ3) is 9.99. The zero-order chi connectivity index (χ0) is 28.8. The fourth-order valence-corrected chi connectivity index (χ4v) is 5.73. The first-order valence-electron chi connectivity index (χ1n) is 14.0. The number of rotatable bonds is 10. The van der Waals surface area contributed by atoms with Gasteiger partial charge >= 0.3 is 6.09 Å². The Labute approximate surface area is 256 Å². The normalized spacial score (nSPS) is 20.3. The van der Waals surface area contributed by atoms with Gasteiger partial charge < -0.3 is 36.4 Å². The lowest BCUT2D eigenvalue weighted by Crippen LogP contribution is -2.52. The van der Waals surface area contributed by atoms with Crippen molar-refractivity contribution in [2.75, 3.05) is 38.2 Å². The molecule has 0 spiro atoms. The second kappa shape index (κ2) is 15.9. The van der Waals surface area contributed by atoms with E-state index < -0.39 is 29.1 Å². The van der Waals surface area contributed by atoms with E-state index in [4.69, 9.17) is 10.5 Å². The fraction of sp³-hybridized carbons (Fsp3) is 0.690. The number of amides is 3. The second-order valence-electron chi connectivity index (χ2n) is 12.4. The van der Waals surface area contributed by atoms with E-state index in [2.05, 4.69) is 16.0 Å². The van der Waals surface area contributed by atoms with Crippen LogP contribution in [0, 0.1) is 16.7 Å². The van der Waals surface area contributed by atoms with E-state index in [1.807, 2.05) is 52.0 Å². The summed E-state index contributed by atoms with van der Waals surface area (Å²) in [4.78, 5) is 40.0. The van der Waals surface area contributed by atoms with Gasteiger partial charge in [0.05, 0.1) is 19.3 Å². The number of anilines is 1. The Balaban J connectivity index is 0.00000420. The van der Waals surface area contributed by atoms with Gasteiger partial charge in [-0.25, -0.2) is 4.79 Å². The fourth-order valence-electron chi connectivity index (χ4n) is 5.73. The van der Waals surface area contributed by atoms with Crippen molar-refractivity contribution < 1.29 is 24.2 Å². The number of benzene rings is 1. The molecule has 0 bridgehead atoms. The number of nitrogens with zero attached hydrogens (tertiary/aromatic N) is 1. The quantitative estimate of drug-likeness (QED) is 0.271. The molecule has 2 aliphatic heterocycles. The Morgan fingerprint density at radius 1 is 1.20 bits per heavy atom. The van der Waals surface area contributed by atoms with Crippen molar-refractivity contribution in [1.29, 1.82) is 0 Å². The first kappa shape index (κ1) is 36.9. The minimum Gasteiger partial charge on any atom is -0.453 e. The van der Waals surface area contributed by atoms with Gasteiger partial charge in [0.15, 0.2) is 0 Å². The van der Waals surface area contributed by atoms with E-state index in [9.17, 15) is 19.5 Å². The number of aliphatic hydroxyl groups excluding tert-OH is 1. The molecule has 1 saturated heterocycles. The lowest BCUT2D eigenvalue weighted by Gasteiger charge is -2.37. The number of nitrogens with one attached hydrogen (secondary N) is 3. The van der Waals surface area contributed by atoms with Crippen LogP contribution in [0.4, 0.5) is 10.5 Å². The minimum atomic E-state index is -0.937. The molecule has 2 heterocycles. The highest BCUT2D eigenvalue weighted by Gasteiger charge is 2.38. The molecule has 41 heavy (non-hydrogen) atoms. The molecule has 4 atom stereocenters. The van der Waals surface area contributed by atoms with Gasteiger partial charge in [-0.3, -0.25) is 9.59 Å². The highest BCUT2D eigenvalue weighted by Crippen LogP contribution is 2.34. The average molecular weight is 619 g/mol. The van der Waals surface area contributed by atoms with Crippen LogP contribution in [0.2, 0.25) is 0 Å². The summed E-state index contributed by atoms with van der Waals surface area (Å²) >= 11 is 0. The van der Waals surface area contributed by atoms with E-state index in [1.165, 1.54) is 7.11 Å². The number of nitrogens with two attached hydrogens (primary N) is 1. The van der Waals surface area contributed by atoms with E-state index in [0.29, 0.717) is 19.4 Å². The summed E-state index contributed by atoms with van der Waals surface area (Å²) in [7, 11) is 1.32. The molecule has 3 rings (SSSR count). The highest BCUT2D eigenvalue weighted by molar-refractivity contribution is 5.95. The maximum Gasteiger partial charge on any atom is 0.407 e. The monoisotopic (exact) mass is 617 g/mol. The van der Waals surface area contributed by atoms with Crippen molar-refractivity contribution in [1.82, 2.24) is 16.0 Å². The molecule has 1 aromatic rings. The molecule has 0 saturated carbocycles. The molecule has 6 N–H and O–H groups in total. The number of carbonyl (C=O) groups excluding carboxylic acids is 3. The smallest absolute Gasteiger partial charge is 0.407 e. The zero-order valence-corrected chi connectivity index (χ0v) is 26.5. The summed E-state index contributed by atoms with van der Waals surface area (Å²) in [5, 5.41) is 19.8. The molecule has 10 nitrogen and oxygen atoms in total. The molecule has 0 radical (unpaired) electrons. The zero-order valence-electron chi connectivity index (χ0n) is 24.9. The van der Waals surface area contributed by atoms with Crippen LogP contribution in [0.1, 0.15) is 58.9 Å². The maximum absolute atomic E-state index is 13.5. The Morgan fingerprint density at radius 2 is 1.88 bits per heavy atom. The van der Waals surface area contributed by atoms with Crippen LogP contribution in [0.15, 0.2) is 24.3 Å². The topological polar surface area (TPSA) is 146 Å². The van der Waals surface area contributed by atoms with Crippen molar-refractivity contribution in [3.63, 3.8) is 0 Å². The van der Waals surface area contributed by atoms with Gasteiger partial charge in [0.2, 0.25) is 11.8 Å². The van der Waals surface area contributed by atoms with Gasteiger partial charge in [-0.05, 0) is 61.7 Å². The van der Waals surface area contributed by atoms with Crippen LogP contribution >= 0.6 is 24.8 Å². The number of methoxy groups -OCH3 is 1. The predicted molar refractivity (Wildman–Crippen MR) is 166 cm³/mol. The van der Waals surface area contributed by atoms with Gasteiger partial charge in [0.25, 0.3) is 0 Å². The van der Waals surface area contributed by atoms with Crippen LogP contribution in [-0.2, 0) is 20.7 Å². The number of carbonyl (C=O) groups is 3. The molecule has 3 amide bonds. The highest BCUT2D eigenvalue weighted by atomic mass is 35.5. The number of fused-ring (bicyclic) bond motifs is 1. The van der Waals surface area contributed by atoms with E-state index >= 15 is 0 Å². The van der Waals surface area contributed by atoms with Crippen LogP contribution in [-0.4, -0.2) is 74.5 Å². The summed E-state index contributed by atoms with van der Waals surface area (Å²) in [5.41, 5.74) is 7.13. The lowest BCUT2D eigenvalue weighted by molar-refractivity contribution is -0.133. The Kier molecular flexibility index (Phi) is 14.3. The number of aliphatic hydroxyl groups is 1. The Hall–Kier alpha value is -2.11. The molecule has 2 aliphatic rings. The summed E-state index contributed by atoms with van der Waals surface area (Å²) in [6, 6.07) is 6.80. The van der Waals surface area contributed by atoms with Gasteiger partial charge in [-0.15, -0.1) is 24.8 Å². The molecular formula is C29H49Cl2N5O5. The van der Waals surface area contributed by atoms with E-state index in [0.717, 1.165) is 37.2 Å². The number of piperidine rings is 1. The number of hydrogen-bond donors (Lipinski definition) is 5. The minimum absolute atomic E-state index is 0. The first-order chi connectivity index (χ1) is 18.3.